The van der Waals surface area contributed by atoms with Crippen LogP contribution in [0.15, 0.2) is 90.2 Å². The van der Waals surface area contributed by atoms with Crippen LogP contribution in [0.3, 0.4) is 0 Å². The molecule has 0 saturated heterocycles. The zero-order chi connectivity index (χ0) is 23.8. The quantitative estimate of drug-likeness (QED) is 0.307. The van der Waals surface area contributed by atoms with Gasteiger partial charge < -0.3 is 19.4 Å². The number of ether oxygens (including phenoxy) is 2. The molecule has 0 unspecified atom stereocenters. The van der Waals surface area contributed by atoms with Crippen LogP contribution in [0.5, 0.6) is 11.5 Å². The molecule has 0 saturated carbocycles. The van der Waals surface area contributed by atoms with Crippen LogP contribution in [0, 0.1) is 0 Å². The van der Waals surface area contributed by atoms with E-state index in [1.807, 2.05) is 24.3 Å². The predicted molar refractivity (Wildman–Crippen MR) is 125 cm³/mol. The maximum Gasteiger partial charge on any atom is 0.277 e. The lowest BCUT2D eigenvalue weighted by Gasteiger charge is -2.09. The lowest BCUT2D eigenvalue weighted by atomic mass is 10.1. The molecule has 8 heteroatoms. The van der Waals surface area contributed by atoms with Crippen molar-refractivity contribution in [1.82, 2.24) is 10.4 Å². The van der Waals surface area contributed by atoms with Gasteiger partial charge >= 0.3 is 0 Å². The fraction of sp³-hybridized carbons (Fsp3) is 0.0769. The number of amides is 1. The summed E-state index contributed by atoms with van der Waals surface area (Å²) in [6.45, 7) is 0.0236. The standard InChI is InChI=1S/C26H21N3O5/c30-24(17-34-23-8-2-5-20-7-3-13-27-25(20)23)29-28-15-18-9-11-22(12-10-18)33-16-19-4-1-6-21(14-19)26(31)32/h1-15H,16-17H2,(H,29,30)(H,31,32)/p-1. The number of aromatic carboxylic acids is 1. The normalized spacial score (nSPS) is 10.8. The van der Waals surface area contributed by atoms with Gasteiger partial charge in [-0.05, 0) is 59.2 Å². The molecule has 0 bridgehead atoms. The minimum absolute atomic E-state index is 0.105. The van der Waals surface area contributed by atoms with Crippen molar-refractivity contribution >= 4 is 29.0 Å². The Balaban J connectivity index is 1.25. The second-order valence-corrected chi connectivity index (χ2v) is 7.26. The first-order valence-electron chi connectivity index (χ1n) is 10.4. The summed E-state index contributed by atoms with van der Waals surface area (Å²) in [6.07, 6.45) is 3.18. The van der Waals surface area contributed by atoms with Crippen LogP contribution < -0.4 is 20.0 Å². The van der Waals surface area contributed by atoms with E-state index in [2.05, 4.69) is 15.5 Å². The van der Waals surface area contributed by atoms with Gasteiger partial charge in [0.1, 0.15) is 23.6 Å². The third-order valence-electron chi connectivity index (χ3n) is 4.81. The maximum absolute atomic E-state index is 12.1. The Bertz CT molecular complexity index is 1330. The monoisotopic (exact) mass is 454 g/mol. The Morgan fingerprint density at radius 1 is 0.971 bits per heavy atom. The van der Waals surface area contributed by atoms with Crippen LogP contribution in [0.4, 0.5) is 0 Å². The van der Waals surface area contributed by atoms with Gasteiger partial charge in [0.15, 0.2) is 6.61 Å². The number of pyridine rings is 1. The van der Waals surface area contributed by atoms with Crippen molar-refractivity contribution < 1.29 is 24.2 Å². The molecule has 34 heavy (non-hydrogen) atoms. The minimum atomic E-state index is -1.23. The average Bonchev–Trinajstić information content (AvgIpc) is 2.87. The Labute approximate surface area is 195 Å². The number of aromatic nitrogens is 1. The lowest BCUT2D eigenvalue weighted by molar-refractivity contribution is -0.255. The van der Waals surface area contributed by atoms with Gasteiger partial charge in [-0.2, -0.15) is 5.10 Å². The Morgan fingerprint density at radius 3 is 2.59 bits per heavy atom. The van der Waals surface area contributed by atoms with E-state index in [4.69, 9.17) is 9.47 Å². The molecule has 0 fully saturated rings. The molecule has 0 radical (unpaired) electrons. The minimum Gasteiger partial charge on any atom is -0.545 e. The number of carboxylic acids is 1. The van der Waals surface area contributed by atoms with Crippen molar-refractivity contribution in [1.29, 1.82) is 0 Å². The van der Waals surface area contributed by atoms with Crippen LogP contribution >= 0.6 is 0 Å². The van der Waals surface area contributed by atoms with E-state index in [0.29, 0.717) is 17.0 Å². The van der Waals surface area contributed by atoms with E-state index >= 15 is 0 Å². The summed E-state index contributed by atoms with van der Waals surface area (Å²) in [4.78, 5) is 27.3. The number of para-hydroxylation sites is 1. The molecule has 4 aromatic rings. The molecule has 4 rings (SSSR count). The number of carbonyl (C=O) groups excluding carboxylic acids is 2. The summed E-state index contributed by atoms with van der Waals surface area (Å²) < 4.78 is 11.3. The maximum atomic E-state index is 12.1. The summed E-state index contributed by atoms with van der Waals surface area (Å²) in [6, 6.07) is 22.7. The SMILES string of the molecule is O=C(COc1cccc2cccnc12)NN=Cc1ccc(OCc2cccc(C(=O)[O-])c2)cc1. The molecule has 1 aromatic heterocycles. The Morgan fingerprint density at radius 2 is 1.76 bits per heavy atom. The number of benzene rings is 3. The summed E-state index contributed by atoms with van der Waals surface area (Å²) in [7, 11) is 0. The highest BCUT2D eigenvalue weighted by Gasteiger charge is 2.06. The number of rotatable bonds is 9. The molecule has 0 aliphatic rings. The van der Waals surface area contributed by atoms with E-state index in [-0.39, 0.29) is 18.8 Å². The number of carbonyl (C=O) groups is 2. The molecule has 0 aliphatic heterocycles. The van der Waals surface area contributed by atoms with Crippen molar-refractivity contribution in [3.8, 4) is 11.5 Å². The van der Waals surface area contributed by atoms with E-state index in [9.17, 15) is 14.7 Å². The van der Waals surface area contributed by atoms with Gasteiger partial charge in [-0.25, -0.2) is 5.43 Å². The smallest absolute Gasteiger partial charge is 0.277 e. The highest BCUT2D eigenvalue weighted by molar-refractivity contribution is 5.86. The first-order chi connectivity index (χ1) is 16.6. The molecule has 0 spiro atoms. The number of nitrogens with zero attached hydrogens (tertiary/aromatic N) is 2. The largest absolute Gasteiger partial charge is 0.545 e. The van der Waals surface area contributed by atoms with Gasteiger partial charge in [0, 0.05) is 11.6 Å². The van der Waals surface area contributed by atoms with Crippen LogP contribution in [0.25, 0.3) is 10.9 Å². The van der Waals surface area contributed by atoms with E-state index in [1.165, 1.54) is 18.3 Å². The molecule has 0 atom stereocenters. The van der Waals surface area contributed by atoms with Crippen molar-refractivity contribution in [2.75, 3.05) is 6.61 Å². The third kappa shape index (κ3) is 5.95. The van der Waals surface area contributed by atoms with Gasteiger partial charge in [-0.15, -0.1) is 0 Å². The predicted octanol–water partition coefficient (Wildman–Crippen LogP) is 2.71. The van der Waals surface area contributed by atoms with Gasteiger partial charge in [-0.3, -0.25) is 9.78 Å². The summed E-state index contributed by atoms with van der Waals surface area (Å²) in [5.41, 5.74) is 4.70. The van der Waals surface area contributed by atoms with E-state index in [0.717, 1.165) is 16.5 Å². The molecule has 1 heterocycles. The van der Waals surface area contributed by atoms with Gasteiger partial charge in [-0.1, -0.05) is 36.4 Å². The fourth-order valence-corrected chi connectivity index (χ4v) is 3.15. The number of fused-ring (bicyclic) bond motifs is 1. The molecular formula is C26H20N3O5-. The van der Waals surface area contributed by atoms with Crippen molar-refractivity contribution in [2.45, 2.75) is 6.61 Å². The van der Waals surface area contributed by atoms with Crippen LogP contribution in [-0.2, 0) is 11.4 Å². The number of hydrazone groups is 1. The van der Waals surface area contributed by atoms with E-state index < -0.39 is 11.9 Å². The van der Waals surface area contributed by atoms with Crippen LogP contribution in [0.2, 0.25) is 0 Å². The van der Waals surface area contributed by atoms with Crippen molar-refractivity contribution in [3.05, 3.63) is 102 Å². The van der Waals surface area contributed by atoms with Crippen molar-refractivity contribution in [3.63, 3.8) is 0 Å². The highest BCUT2D eigenvalue weighted by atomic mass is 16.5. The van der Waals surface area contributed by atoms with Gasteiger partial charge in [0.25, 0.3) is 5.91 Å². The summed E-state index contributed by atoms with van der Waals surface area (Å²) in [5, 5.41) is 15.8. The Hall–Kier alpha value is -4.72. The first kappa shape index (κ1) is 22.5. The Kier molecular flexibility index (Phi) is 7.09. The van der Waals surface area contributed by atoms with Gasteiger partial charge in [0.2, 0.25) is 0 Å². The molecule has 8 nitrogen and oxygen atoms in total. The van der Waals surface area contributed by atoms with Crippen molar-refractivity contribution in [2.24, 2.45) is 5.10 Å². The highest BCUT2D eigenvalue weighted by Crippen LogP contribution is 2.22. The second-order valence-electron chi connectivity index (χ2n) is 7.26. The summed E-state index contributed by atoms with van der Waals surface area (Å²) in [5.74, 6) is -0.492. The van der Waals surface area contributed by atoms with Crippen LogP contribution in [0.1, 0.15) is 21.5 Å². The van der Waals surface area contributed by atoms with Crippen LogP contribution in [-0.4, -0.2) is 29.7 Å². The fourth-order valence-electron chi connectivity index (χ4n) is 3.15. The zero-order valence-electron chi connectivity index (χ0n) is 18.0. The van der Waals surface area contributed by atoms with Gasteiger partial charge in [0.05, 0.1) is 12.2 Å². The average molecular weight is 454 g/mol. The topological polar surface area (TPSA) is 113 Å². The number of nitrogens with one attached hydrogen (secondary N) is 1. The molecule has 1 amide bonds. The summed E-state index contributed by atoms with van der Waals surface area (Å²) >= 11 is 0. The van der Waals surface area contributed by atoms with E-state index in [1.54, 1.807) is 48.7 Å². The second kappa shape index (κ2) is 10.7. The third-order valence-corrected chi connectivity index (χ3v) is 4.81. The zero-order valence-corrected chi connectivity index (χ0v) is 18.0. The number of hydrogen-bond donors (Lipinski definition) is 1. The molecule has 170 valence electrons. The molecular weight excluding hydrogens is 434 g/mol. The number of hydrogen-bond acceptors (Lipinski definition) is 7. The number of carboxylic acid groups (broad SMARTS) is 1. The lowest BCUT2D eigenvalue weighted by Crippen LogP contribution is -2.24. The molecule has 1 N–H and O–H groups in total. The molecule has 0 aliphatic carbocycles. The first-order valence-corrected chi connectivity index (χ1v) is 10.4. The molecule has 3 aromatic carbocycles.